The van der Waals surface area contributed by atoms with Crippen LogP contribution in [0.4, 0.5) is 5.69 Å². The molecule has 1 aliphatic heterocycles. The second-order valence-electron chi connectivity index (χ2n) is 4.07. The molecule has 3 rings (SSSR count). The zero-order valence-electron chi connectivity index (χ0n) is 9.51. The largest absolute Gasteiger partial charge is 0.273 e. The number of carbonyl (C=O) groups excluding carboxylic acids is 1. The Balaban J connectivity index is 2.14. The molecule has 0 unspecified atom stereocenters. The Kier molecular flexibility index (Phi) is 2.65. The summed E-state index contributed by atoms with van der Waals surface area (Å²) in [5.74, 6) is -0.179. The summed E-state index contributed by atoms with van der Waals surface area (Å²) in [4.78, 5) is 12.1. The fourth-order valence-electron chi connectivity index (χ4n) is 2.06. The van der Waals surface area contributed by atoms with E-state index < -0.39 is 0 Å². The number of fused-ring (bicyclic) bond motifs is 1. The summed E-state index contributed by atoms with van der Waals surface area (Å²) in [7, 11) is 0. The summed E-state index contributed by atoms with van der Waals surface area (Å²) >= 11 is 6.00. The predicted octanol–water partition coefficient (Wildman–Crippen LogP) is 3.73. The van der Waals surface area contributed by atoms with Crippen molar-refractivity contribution in [1.82, 2.24) is 0 Å². The molecule has 1 aliphatic rings. The van der Waals surface area contributed by atoms with E-state index in [0.29, 0.717) is 5.57 Å². The highest BCUT2D eigenvalue weighted by Crippen LogP contribution is 2.38. The van der Waals surface area contributed by atoms with E-state index in [2.05, 4.69) is 0 Å². The van der Waals surface area contributed by atoms with Crippen LogP contribution in [0.2, 0.25) is 0 Å². The summed E-state index contributed by atoms with van der Waals surface area (Å²) in [5, 5.41) is 0. The minimum absolute atomic E-state index is 0.179. The smallest absolute Gasteiger partial charge is 0.267 e. The number of benzene rings is 2. The Morgan fingerprint density at radius 3 is 2.39 bits per heavy atom. The van der Waals surface area contributed by atoms with Crippen molar-refractivity contribution in [2.24, 2.45) is 0 Å². The first-order valence-electron chi connectivity index (χ1n) is 5.64. The summed E-state index contributed by atoms with van der Waals surface area (Å²) in [5.41, 5.74) is 3.24. The first-order chi connectivity index (χ1) is 8.77. The van der Waals surface area contributed by atoms with Crippen molar-refractivity contribution >= 4 is 35.0 Å². The van der Waals surface area contributed by atoms with Crippen LogP contribution in [0.15, 0.2) is 54.6 Å². The van der Waals surface area contributed by atoms with Gasteiger partial charge in [0.1, 0.15) is 0 Å². The summed E-state index contributed by atoms with van der Waals surface area (Å²) in [6, 6.07) is 17.3. The molecule has 1 amide bonds. The van der Waals surface area contributed by atoms with Crippen LogP contribution in [0.5, 0.6) is 0 Å². The summed E-state index contributed by atoms with van der Waals surface area (Å²) in [6.07, 6.45) is 1.86. The lowest BCUT2D eigenvalue weighted by Crippen LogP contribution is -2.13. The third kappa shape index (κ3) is 1.71. The van der Waals surface area contributed by atoms with Gasteiger partial charge in [0.2, 0.25) is 0 Å². The van der Waals surface area contributed by atoms with Gasteiger partial charge in [-0.25, -0.2) is 4.42 Å². The molecule has 0 radical (unpaired) electrons. The van der Waals surface area contributed by atoms with E-state index in [-0.39, 0.29) is 5.91 Å². The fourth-order valence-corrected chi connectivity index (χ4v) is 2.30. The van der Waals surface area contributed by atoms with Crippen molar-refractivity contribution in [3.05, 3.63) is 65.7 Å². The van der Waals surface area contributed by atoms with Crippen molar-refractivity contribution in [2.45, 2.75) is 0 Å². The molecule has 0 aliphatic carbocycles. The number of rotatable bonds is 1. The molecule has 0 saturated heterocycles. The van der Waals surface area contributed by atoms with Gasteiger partial charge in [-0.3, -0.25) is 4.79 Å². The summed E-state index contributed by atoms with van der Waals surface area (Å²) < 4.78 is 1.17. The molecule has 0 aromatic heterocycles. The van der Waals surface area contributed by atoms with Crippen LogP contribution in [0, 0.1) is 0 Å². The SMILES string of the molecule is O=C1C(=Cc2ccccc2)c2ccccc2N1Cl. The van der Waals surface area contributed by atoms with E-state index in [0.717, 1.165) is 16.8 Å². The van der Waals surface area contributed by atoms with Crippen LogP contribution in [0.3, 0.4) is 0 Å². The number of amides is 1. The molecule has 88 valence electrons. The normalized spacial score (nSPS) is 16.2. The first kappa shape index (κ1) is 11.1. The Hall–Kier alpha value is -2.06. The number of carbonyl (C=O) groups is 1. The minimum Gasteiger partial charge on any atom is -0.267 e. The Bertz CT molecular complexity index is 634. The summed E-state index contributed by atoms with van der Waals surface area (Å²) in [6.45, 7) is 0. The van der Waals surface area contributed by atoms with Crippen LogP contribution in [-0.4, -0.2) is 5.91 Å². The molecule has 0 saturated carbocycles. The van der Waals surface area contributed by atoms with E-state index in [1.807, 2.05) is 60.7 Å². The molecule has 0 spiro atoms. The number of hydrogen-bond acceptors (Lipinski definition) is 1. The maximum Gasteiger partial charge on any atom is 0.273 e. The molecule has 18 heavy (non-hydrogen) atoms. The number of nitrogens with zero attached hydrogens (tertiary/aromatic N) is 1. The highest BCUT2D eigenvalue weighted by molar-refractivity contribution is 6.50. The van der Waals surface area contributed by atoms with E-state index in [9.17, 15) is 4.79 Å². The third-order valence-corrected chi connectivity index (χ3v) is 3.26. The van der Waals surface area contributed by atoms with Gasteiger partial charge < -0.3 is 0 Å². The molecule has 2 aromatic rings. The molecule has 2 nitrogen and oxygen atoms in total. The molecule has 1 heterocycles. The van der Waals surface area contributed by atoms with Gasteiger partial charge in [-0.05, 0) is 17.7 Å². The van der Waals surface area contributed by atoms with E-state index >= 15 is 0 Å². The molecule has 3 heteroatoms. The van der Waals surface area contributed by atoms with Crippen molar-refractivity contribution in [3.63, 3.8) is 0 Å². The van der Waals surface area contributed by atoms with E-state index in [1.165, 1.54) is 4.42 Å². The van der Waals surface area contributed by atoms with Gasteiger partial charge in [0, 0.05) is 17.3 Å². The first-order valence-corrected chi connectivity index (χ1v) is 5.97. The zero-order valence-corrected chi connectivity index (χ0v) is 10.3. The van der Waals surface area contributed by atoms with Crippen LogP contribution in [-0.2, 0) is 4.79 Å². The number of halogens is 1. The van der Waals surface area contributed by atoms with Crippen LogP contribution in [0.1, 0.15) is 11.1 Å². The van der Waals surface area contributed by atoms with Crippen molar-refractivity contribution < 1.29 is 4.79 Å². The molecule has 0 fully saturated rings. The molecule has 2 aromatic carbocycles. The van der Waals surface area contributed by atoms with Gasteiger partial charge in [-0.2, -0.15) is 0 Å². The van der Waals surface area contributed by atoms with Gasteiger partial charge in [-0.1, -0.05) is 48.5 Å². The Morgan fingerprint density at radius 1 is 0.944 bits per heavy atom. The molecule has 0 atom stereocenters. The standard InChI is InChI=1S/C15H10ClNO/c16-17-14-9-5-4-8-12(14)13(15(17)18)10-11-6-2-1-3-7-11/h1-10H. The Labute approximate surface area is 110 Å². The second kappa shape index (κ2) is 4.31. The van der Waals surface area contributed by atoms with Crippen molar-refractivity contribution in [1.29, 1.82) is 0 Å². The monoisotopic (exact) mass is 255 g/mol. The third-order valence-electron chi connectivity index (χ3n) is 2.93. The molecular weight excluding hydrogens is 246 g/mol. The van der Waals surface area contributed by atoms with E-state index in [1.54, 1.807) is 0 Å². The maximum atomic E-state index is 12.1. The number of para-hydroxylation sites is 1. The lowest BCUT2D eigenvalue weighted by molar-refractivity contribution is -0.111. The molecule has 0 N–H and O–H groups in total. The van der Waals surface area contributed by atoms with Crippen LogP contribution in [0.25, 0.3) is 11.6 Å². The zero-order chi connectivity index (χ0) is 12.5. The number of hydrogen-bond donors (Lipinski definition) is 0. The highest BCUT2D eigenvalue weighted by atomic mass is 35.5. The lowest BCUT2D eigenvalue weighted by Gasteiger charge is -2.03. The van der Waals surface area contributed by atoms with Crippen LogP contribution < -0.4 is 4.42 Å². The van der Waals surface area contributed by atoms with E-state index in [4.69, 9.17) is 11.8 Å². The average molecular weight is 256 g/mol. The predicted molar refractivity (Wildman–Crippen MR) is 74.1 cm³/mol. The lowest BCUT2D eigenvalue weighted by atomic mass is 10.0. The van der Waals surface area contributed by atoms with Gasteiger partial charge in [0.05, 0.1) is 11.3 Å². The van der Waals surface area contributed by atoms with Gasteiger partial charge in [-0.15, -0.1) is 0 Å². The average Bonchev–Trinajstić information content (AvgIpc) is 2.66. The van der Waals surface area contributed by atoms with Crippen LogP contribution >= 0.6 is 11.8 Å². The van der Waals surface area contributed by atoms with Crippen molar-refractivity contribution in [2.75, 3.05) is 4.42 Å². The molecular formula is C15H10ClNO. The fraction of sp³-hybridized carbons (Fsp3) is 0. The maximum absolute atomic E-state index is 12.1. The quantitative estimate of drug-likeness (QED) is 0.562. The highest BCUT2D eigenvalue weighted by Gasteiger charge is 2.30. The minimum atomic E-state index is -0.179. The van der Waals surface area contributed by atoms with Gasteiger partial charge in [0.25, 0.3) is 5.91 Å². The van der Waals surface area contributed by atoms with Crippen molar-refractivity contribution in [3.8, 4) is 0 Å². The number of anilines is 1. The second-order valence-corrected chi connectivity index (χ2v) is 4.41. The topological polar surface area (TPSA) is 20.3 Å². The molecule has 0 bridgehead atoms. The van der Waals surface area contributed by atoms with Gasteiger partial charge >= 0.3 is 0 Å². The Morgan fingerprint density at radius 2 is 1.61 bits per heavy atom. The van der Waals surface area contributed by atoms with Gasteiger partial charge in [0.15, 0.2) is 0 Å².